The zero-order valence-electron chi connectivity index (χ0n) is 11.5. The minimum Gasteiger partial charge on any atom is -0.488 e. The predicted molar refractivity (Wildman–Crippen MR) is 76.1 cm³/mol. The molecule has 2 atom stereocenters. The van der Waals surface area contributed by atoms with Gasteiger partial charge in [0.25, 0.3) is 0 Å². The highest BCUT2D eigenvalue weighted by Crippen LogP contribution is 2.25. The Labute approximate surface area is 114 Å². The molecule has 0 radical (unpaired) electrons. The highest BCUT2D eigenvalue weighted by Gasteiger charge is 2.40. The lowest BCUT2D eigenvalue weighted by Gasteiger charge is -2.25. The Morgan fingerprint density at radius 3 is 2.58 bits per heavy atom. The van der Waals surface area contributed by atoms with Crippen LogP contribution in [0, 0.1) is 6.92 Å². The lowest BCUT2D eigenvalue weighted by Crippen LogP contribution is -2.41. The van der Waals surface area contributed by atoms with Gasteiger partial charge in [-0.05, 0) is 44.8 Å². The monoisotopic (exact) mass is 284 g/mol. The Morgan fingerprint density at radius 1 is 1.32 bits per heavy atom. The molecule has 1 aromatic rings. The number of hydrogen-bond donors (Lipinski definition) is 1. The van der Waals surface area contributed by atoms with E-state index in [1.54, 1.807) is 12.1 Å². The van der Waals surface area contributed by atoms with Crippen molar-refractivity contribution in [1.82, 2.24) is 4.90 Å². The Kier molecular flexibility index (Phi) is 3.73. The number of nitrogens with zero attached hydrogens (tertiary/aromatic N) is 1. The van der Waals surface area contributed by atoms with Crippen LogP contribution in [-0.2, 0) is 9.84 Å². The molecule has 1 aliphatic rings. The van der Waals surface area contributed by atoms with Crippen molar-refractivity contribution < 1.29 is 13.2 Å². The summed E-state index contributed by atoms with van der Waals surface area (Å²) >= 11 is 0. The molecule has 1 aliphatic heterocycles. The fourth-order valence-corrected chi connectivity index (χ4v) is 4.25. The van der Waals surface area contributed by atoms with E-state index in [9.17, 15) is 8.42 Å². The largest absolute Gasteiger partial charge is 0.488 e. The number of aryl methyl sites for hydroxylation is 1. The van der Waals surface area contributed by atoms with Crippen molar-refractivity contribution in [3.63, 3.8) is 0 Å². The molecule has 0 spiro atoms. The van der Waals surface area contributed by atoms with Gasteiger partial charge >= 0.3 is 0 Å². The first kappa shape index (κ1) is 14.1. The SMILES string of the molecule is Cc1cc(OC2CS(=O)(=O)CC2N(C)C)ccc1N. The molecule has 1 saturated heterocycles. The summed E-state index contributed by atoms with van der Waals surface area (Å²) in [7, 11) is 0.723. The number of nitrogens with two attached hydrogens (primary N) is 1. The molecular formula is C13H20N2O3S. The van der Waals surface area contributed by atoms with Gasteiger partial charge in [-0.1, -0.05) is 0 Å². The first-order chi connectivity index (χ1) is 8.78. The molecule has 5 nitrogen and oxygen atoms in total. The van der Waals surface area contributed by atoms with Crippen molar-refractivity contribution in [2.75, 3.05) is 31.3 Å². The van der Waals surface area contributed by atoms with E-state index in [-0.39, 0.29) is 23.7 Å². The van der Waals surface area contributed by atoms with Crippen molar-refractivity contribution in [2.45, 2.75) is 19.1 Å². The smallest absolute Gasteiger partial charge is 0.155 e. The van der Waals surface area contributed by atoms with Crippen LogP contribution in [-0.4, -0.2) is 51.1 Å². The third kappa shape index (κ3) is 3.19. The summed E-state index contributed by atoms with van der Waals surface area (Å²) in [6, 6.07) is 5.29. The summed E-state index contributed by atoms with van der Waals surface area (Å²) in [5.41, 5.74) is 7.39. The van der Waals surface area contributed by atoms with Gasteiger partial charge in [0.2, 0.25) is 0 Å². The van der Waals surface area contributed by atoms with Crippen LogP contribution in [0.4, 0.5) is 5.69 Å². The minimum atomic E-state index is -3.02. The molecule has 1 aromatic carbocycles. The van der Waals surface area contributed by atoms with Crippen LogP contribution in [0.25, 0.3) is 0 Å². The fourth-order valence-electron chi connectivity index (χ4n) is 2.29. The van der Waals surface area contributed by atoms with Crippen LogP contribution in [0.1, 0.15) is 5.56 Å². The van der Waals surface area contributed by atoms with Gasteiger partial charge in [-0.25, -0.2) is 8.42 Å². The van der Waals surface area contributed by atoms with Crippen molar-refractivity contribution in [1.29, 1.82) is 0 Å². The summed E-state index contributed by atoms with van der Waals surface area (Å²) in [6.07, 6.45) is -0.331. The van der Waals surface area contributed by atoms with Crippen molar-refractivity contribution in [2.24, 2.45) is 0 Å². The maximum Gasteiger partial charge on any atom is 0.155 e. The second-order valence-corrected chi connectivity index (χ2v) is 7.44. The van der Waals surface area contributed by atoms with Gasteiger partial charge in [-0.15, -0.1) is 0 Å². The molecule has 2 rings (SSSR count). The van der Waals surface area contributed by atoms with Crippen molar-refractivity contribution in [3.05, 3.63) is 23.8 Å². The molecule has 2 unspecified atom stereocenters. The zero-order valence-corrected chi connectivity index (χ0v) is 12.3. The average molecular weight is 284 g/mol. The molecule has 6 heteroatoms. The minimum absolute atomic E-state index is 0.0687. The third-order valence-corrected chi connectivity index (χ3v) is 5.15. The number of nitrogen functional groups attached to an aromatic ring is 1. The Bertz CT molecular complexity index is 569. The van der Waals surface area contributed by atoms with E-state index in [2.05, 4.69) is 0 Å². The molecule has 0 aliphatic carbocycles. The van der Waals surface area contributed by atoms with E-state index in [1.165, 1.54) is 0 Å². The van der Waals surface area contributed by atoms with Crippen molar-refractivity contribution in [3.8, 4) is 5.75 Å². The lowest BCUT2D eigenvalue weighted by molar-refractivity contribution is 0.135. The molecule has 0 saturated carbocycles. The number of sulfone groups is 1. The van der Waals surface area contributed by atoms with Crippen LogP contribution in [0.15, 0.2) is 18.2 Å². The Hall–Kier alpha value is -1.27. The second-order valence-electron chi connectivity index (χ2n) is 5.28. The third-order valence-electron chi connectivity index (χ3n) is 3.46. The topological polar surface area (TPSA) is 72.6 Å². The summed E-state index contributed by atoms with van der Waals surface area (Å²) in [5.74, 6) is 0.887. The average Bonchev–Trinajstić information content (AvgIpc) is 2.59. The van der Waals surface area contributed by atoms with E-state index in [0.29, 0.717) is 11.4 Å². The molecule has 106 valence electrons. The molecule has 19 heavy (non-hydrogen) atoms. The Morgan fingerprint density at radius 2 is 2.00 bits per heavy atom. The predicted octanol–water partition coefficient (Wildman–Crippen LogP) is 0.683. The first-order valence-corrected chi connectivity index (χ1v) is 8.00. The maximum absolute atomic E-state index is 11.7. The second kappa shape index (κ2) is 5.02. The van der Waals surface area contributed by atoms with E-state index in [1.807, 2.05) is 32.0 Å². The number of benzene rings is 1. The molecular weight excluding hydrogens is 264 g/mol. The van der Waals surface area contributed by atoms with Crippen molar-refractivity contribution >= 4 is 15.5 Å². The highest BCUT2D eigenvalue weighted by atomic mass is 32.2. The van der Waals surface area contributed by atoms with Gasteiger partial charge < -0.3 is 15.4 Å². The van der Waals surface area contributed by atoms with E-state index >= 15 is 0 Å². The van der Waals surface area contributed by atoms with Gasteiger partial charge in [-0.2, -0.15) is 0 Å². The summed E-state index contributed by atoms with van der Waals surface area (Å²) < 4.78 is 29.3. The molecule has 1 heterocycles. The standard InChI is InChI=1S/C13H20N2O3S/c1-9-6-10(4-5-11(9)14)18-13-8-19(16,17)7-12(13)15(2)3/h4-6,12-13H,7-8,14H2,1-3H3. The van der Waals surface area contributed by atoms with Crippen LogP contribution in [0.3, 0.4) is 0 Å². The summed E-state index contributed by atoms with van der Waals surface area (Å²) in [6.45, 7) is 1.90. The number of likely N-dealkylation sites (N-methyl/N-ethyl adjacent to an activating group) is 1. The normalized spacial score (nSPS) is 25.7. The van der Waals surface area contributed by atoms with Crippen LogP contribution in [0.2, 0.25) is 0 Å². The highest BCUT2D eigenvalue weighted by molar-refractivity contribution is 7.91. The van der Waals surface area contributed by atoms with Crippen LogP contribution >= 0.6 is 0 Å². The number of rotatable bonds is 3. The number of ether oxygens (including phenoxy) is 1. The maximum atomic E-state index is 11.7. The van der Waals surface area contributed by atoms with Crippen LogP contribution in [0.5, 0.6) is 5.75 Å². The van der Waals surface area contributed by atoms with E-state index in [4.69, 9.17) is 10.5 Å². The molecule has 0 amide bonds. The van der Waals surface area contributed by atoms with E-state index < -0.39 is 9.84 Å². The quantitative estimate of drug-likeness (QED) is 0.827. The fraction of sp³-hybridized carbons (Fsp3) is 0.538. The van der Waals surface area contributed by atoms with E-state index in [0.717, 1.165) is 5.56 Å². The Balaban J connectivity index is 2.19. The van der Waals surface area contributed by atoms with Gasteiger partial charge in [0.15, 0.2) is 9.84 Å². The lowest BCUT2D eigenvalue weighted by atomic mass is 10.1. The number of hydrogen-bond acceptors (Lipinski definition) is 5. The number of anilines is 1. The molecule has 0 bridgehead atoms. The molecule has 1 fully saturated rings. The molecule has 0 aromatic heterocycles. The zero-order chi connectivity index (χ0) is 14.2. The van der Waals surface area contributed by atoms with Gasteiger partial charge in [0.05, 0.1) is 17.5 Å². The summed E-state index contributed by atoms with van der Waals surface area (Å²) in [4.78, 5) is 1.90. The molecule has 2 N–H and O–H groups in total. The summed E-state index contributed by atoms with van der Waals surface area (Å²) in [5, 5.41) is 0. The van der Waals surface area contributed by atoms with Crippen LogP contribution < -0.4 is 10.5 Å². The first-order valence-electron chi connectivity index (χ1n) is 6.18. The van der Waals surface area contributed by atoms with Gasteiger partial charge in [0.1, 0.15) is 11.9 Å². The van der Waals surface area contributed by atoms with Gasteiger partial charge in [-0.3, -0.25) is 0 Å². The van der Waals surface area contributed by atoms with Gasteiger partial charge in [0, 0.05) is 5.69 Å².